The number of ketones is 1. The van der Waals surface area contributed by atoms with Crippen LogP contribution in [0.15, 0.2) is 76.8 Å². The van der Waals surface area contributed by atoms with Crippen molar-refractivity contribution >= 4 is 17.2 Å². The van der Waals surface area contributed by atoms with Crippen LogP contribution >= 0.6 is 0 Å². The van der Waals surface area contributed by atoms with Crippen LogP contribution in [0.4, 0.5) is 0 Å². The minimum absolute atomic E-state index is 0.0451. The molecule has 0 fully saturated rings. The number of aryl methyl sites for hydroxylation is 2. The number of hydrogen-bond donors (Lipinski definition) is 0. The quantitative estimate of drug-likeness (QED) is 0.631. The van der Waals surface area contributed by atoms with Gasteiger partial charge in [0.15, 0.2) is 5.78 Å². The largest absolute Gasteiger partial charge is 0.439 e. The molecule has 0 N–H and O–H groups in total. The van der Waals surface area contributed by atoms with Gasteiger partial charge in [0.2, 0.25) is 11.4 Å². The Morgan fingerprint density at radius 2 is 2.03 bits per heavy atom. The Labute approximate surface area is 174 Å². The molecule has 3 heterocycles. The Morgan fingerprint density at radius 1 is 1.17 bits per heavy atom. The van der Waals surface area contributed by atoms with Gasteiger partial charge in [-0.05, 0) is 36.2 Å². The number of hydrogen-bond acceptors (Lipinski definition) is 5. The number of rotatable bonds is 6. The summed E-state index contributed by atoms with van der Waals surface area (Å²) in [6.07, 6.45) is 6.05. The van der Waals surface area contributed by atoms with Gasteiger partial charge in [-0.2, -0.15) is 0 Å². The zero-order chi connectivity index (χ0) is 21.1. The van der Waals surface area contributed by atoms with Crippen LogP contribution in [0, 0.1) is 6.92 Å². The molecule has 0 amide bonds. The molecule has 6 heteroatoms. The van der Waals surface area contributed by atoms with Crippen LogP contribution in [0.5, 0.6) is 11.6 Å². The van der Waals surface area contributed by atoms with Gasteiger partial charge >= 0.3 is 0 Å². The van der Waals surface area contributed by atoms with Crippen molar-refractivity contribution in [3.8, 4) is 11.6 Å². The smallest absolute Gasteiger partial charge is 0.250 e. The number of pyridine rings is 2. The summed E-state index contributed by atoms with van der Waals surface area (Å²) in [6.45, 7) is 1.98. The van der Waals surface area contributed by atoms with E-state index in [2.05, 4.69) is 9.98 Å². The number of ether oxygens (including phenoxy) is 1. The van der Waals surface area contributed by atoms with Gasteiger partial charge in [-0.15, -0.1) is 0 Å². The molecule has 3 aromatic rings. The molecule has 0 radical (unpaired) electrons. The lowest BCUT2D eigenvalue weighted by Gasteiger charge is -2.07. The summed E-state index contributed by atoms with van der Waals surface area (Å²) in [5.41, 5.74) is 3.91. The predicted molar refractivity (Wildman–Crippen MR) is 116 cm³/mol. The van der Waals surface area contributed by atoms with E-state index >= 15 is 0 Å². The van der Waals surface area contributed by atoms with Gasteiger partial charge in [-0.25, -0.2) is 9.98 Å². The van der Waals surface area contributed by atoms with Gasteiger partial charge in [0.05, 0.1) is 11.4 Å². The molecule has 30 heavy (non-hydrogen) atoms. The molecule has 0 bridgehead atoms. The summed E-state index contributed by atoms with van der Waals surface area (Å²) in [5.74, 6) is 1.15. The van der Waals surface area contributed by atoms with Crippen LogP contribution in [0.2, 0.25) is 0 Å². The molecular weight excluding hydrogens is 378 g/mol. The van der Waals surface area contributed by atoms with E-state index in [1.165, 1.54) is 10.6 Å². The highest BCUT2D eigenvalue weighted by Gasteiger charge is 2.18. The van der Waals surface area contributed by atoms with E-state index < -0.39 is 0 Å². The molecule has 0 saturated heterocycles. The van der Waals surface area contributed by atoms with Crippen molar-refractivity contribution in [1.82, 2.24) is 9.55 Å². The summed E-state index contributed by atoms with van der Waals surface area (Å²) in [4.78, 5) is 32.9. The van der Waals surface area contributed by atoms with Crippen molar-refractivity contribution in [2.75, 3.05) is 0 Å². The fourth-order valence-electron chi connectivity index (χ4n) is 3.24. The number of benzene rings is 1. The van der Waals surface area contributed by atoms with E-state index in [1.54, 1.807) is 25.5 Å². The van der Waals surface area contributed by atoms with Crippen LogP contribution in [-0.4, -0.2) is 21.0 Å². The van der Waals surface area contributed by atoms with Gasteiger partial charge in [-0.1, -0.05) is 24.3 Å². The Kier molecular flexibility index (Phi) is 5.39. The lowest BCUT2D eigenvalue weighted by atomic mass is 10.1. The molecule has 0 saturated carbocycles. The van der Waals surface area contributed by atoms with Gasteiger partial charge in [-0.3, -0.25) is 9.59 Å². The van der Waals surface area contributed by atoms with E-state index in [0.717, 1.165) is 22.4 Å². The van der Waals surface area contributed by atoms with Crippen molar-refractivity contribution in [3.63, 3.8) is 0 Å². The summed E-state index contributed by atoms with van der Waals surface area (Å²) in [5, 5.41) is 0. The molecule has 6 nitrogen and oxygen atoms in total. The first-order valence-corrected chi connectivity index (χ1v) is 9.65. The maximum absolute atomic E-state index is 12.6. The van der Waals surface area contributed by atoms with E-state index in [4.69, 9.17) is 4.74 Å². The van der Waals surface area contributed by atoms with Crippen molar-refractivity contribution < 1.29 is 9.53 Å². The summed E-state index contributed by atoms with van der Waals surface area (Å²) in [7, 11) is 1.67. The molecule has 0 aliphatic carbocycles. The number of aliphatic imine (C=N–C) groups is 1. The Bertz CT molecular complexity index is 1240. The molecule has 1 aliphatic heterocycles. The van der Waals surface area contributed by atoms with Crippen LogP contribution in [0.25, 0.3) is 5.70 Å². The predicted octanol–water partition coefficient (Wildman–Crippen LogP) is 3.88. The zero-order valence-corrected chi connectivity index (χ0v) is 16.8. The molecular formula is C24H21N3O3. The Morgan fingerprint density at radius 3 is 2.83 bits per heavy atom. The highest BCUT2D eigenvalue weighted by atomic mass is 16.5. The Hall–Kier alpha value is -3.80. The first-order valence-electron chi connectivity index (χ1n) is 9.65. The number of Topliss-reactive ketones (excluding diaryl/α,β-unsaturated/α-hetero) is 1. The minimum atomic E-state index is -0.101. The normalized spacial score (nSPS) is 13.0. The van der Waals surface area contributed by atoms with Gasteiger partial charge in [0, 0.05) is 50.0 Å². The fraction of sp³-hybridized carbons (Fsp3) is 0.167. The van der Waals surface area contributed by atoms with Crippen molar-refractivity contribution in [2.45, 2.75) is 19.8 Å². The molecule has 0 atom stereocenters. The third-order valence-corrected chi connectivity index (χ3v) is 4.82. The second-order valence-electron chi connectivity index (χ2n) is 7.24. The number of nitrogens with zero attached hydrogens (tertiary/aromatic N) is 3. The molecule has 4 rings (SSSR count). The first kappa shape index (κ1) is 19.5. The van der Waals surface area contributed by atoms with Crippen LogP contribution < -0.4 is 10.3 Å². The standard InChI is InChI=1S/C24H21N3O3/c1-16-10-11-25-23(12-16)30-19-5-3-4-18(14-19)20-7-8-21(26-20)22(28)13-17-6-9-24(29)27(2)15-17/h3-7,9-12,14-15H,8,13H2,1-2H3. The highest BCUT2D eigenvalue weighted by molar-refractivity contribution is 6.42. The van der Waals surface area contributed by atoms with E-state index in [0.29, 0.717) is 23.8 Å². The summed E-state index contributed by atoms with van der Waals surface area (Å²) in [6, 6.07) is 14.5. The Balaban J connectivity index is 1.48. The van der Waals surface area contributed by atoms with Crippen LogP contribution in [-0.2, 0) is 18.3 Å². The van der Waals surface area contributed by atoms with Gasteiger partial charge < -0.3 is 9.30 Å². The van der Waals surface area contributed by atoms with Gasteiger partial charge in [0.1, 0.15) is 5.75 Å². The highest BCUT2D eigenvalue weighted by Crippen LogP contribution is 2.28. The lowest BCUT2D eigenvalue weighted by molar-refractivity contribution is -0.112. The zero-order valence-electron chi connectivity index (χ0n) is 16.8. The molecule has 0 unspecified atom stereocenters. The van der Waals surface area contributed by atoms with E-state index in [9.17, 15) is 9.59 Å². The SMILES string of the molecule is Cc1ccnc(Oc2cccc(C3=CCC(C(=O)Cc4ccc(=O)n(C)c4)=N3)c2)c1. The summed E-state index contributed by atoms with van der Waals surface area (Å²) >= 11 is 0. The molecule has 150 valence electrons. The van der Waals surface area contributed by atoms with Crippen LogP contribution in [0.3, 0.4) is 0 Å². The number of carbonyl (C=O) groups is 1. The topological polar surface area (TPSA) is 73.5 Å². The van der Waals surface area contributed by atoms with Crippen molar-refractivity contribution in [3.05, 3.63) is 94.0 Å². The lowest BCUT2D eigenvalue weighted by Crippen LogP contribution is -2.18. The van der Waals surface area contributed by atoms with Crippen molar-refractivity contribution in [1.29, 1.82) is 0 Å². The average Bonchev–Trinajstić information content (AvgIpc) is 3.22. The molecule has 1 aromatic carbocycles. The first-order chi connectivity index (χ1) is 14.5. The third kappa shape index (κ3) is 4.43. The maximum atomic E-state index is 12.6. The molecule has 2 aromatic heterocycles. The summed E-state index contributed by atoms with van der Waals surface area (Å²) < 4.78 is 7.32. The van der Waals surface area contributed by atoms with Crippen molar-refractivity contribution in [2.24, 2.45) is 12.0 Å². The van der Waals surface area contributed by atoms with Gasteiger partial charge in [0.25, 0.3) is 0 Å². The molecule has 1 aliphatic rings. The number of allylic oxidation sites excluding steroid dienone is 1. The average molecular weight is 399 g/mol. The second kappa shape index (κ2) is 8.29. The molecule has 0 spiro atoms. The fourth-order valence-corrected chi connectivity index (χ4v) is 3.24. The van der Waals surface area contributed by atoms with E-state index in [1.807, 2.05) is 49.4 Å². The number of carbonyl (C=O) groups excluding carboxylic acids is 1. The van der Waals surface area contributed by atoms with E-state index in [-0.39, 0.29) is 17.8 Å². The van der Waals surface area contributed by atoms with Crippen LogP contribution in [0.1, 0.15) is 23.1 Å². The maximum Gasteiger partial charge on any atom is 0.250 e. The third-order valence-electron chi connectivity index (χ3n) is 4.82. The minimum Gasteiger partial charge on any atom is -0.439 e. The second-order valence-corrected chi connectivity index (χ2v) is 7.24. The number of aromatic nitrogens is 2. The monoisotopic (exact) mass is 399 g/mol.